The van der Waals surface area contributed by atoms with Crippen LogP contribution in [0.3, 0.4) is 0 Å². The molecule has 1 aromatic rings. The minimum absolute atomic E-state index is 0.00256. The van der Waals surface area contributed by atoms with Crippen LogP contribution in [0.1, 0.15) is 24.8 Å². The Bertz CT molecular complexity index is 488. The van der Waals surface area contributed by atoms with Crippen molar-refractivity contribution >= 4 is 10.0 Å². The number of primary sulfonamides is 1. The highest BCUT2D eigenvalue weighted by molar-refractivity contribution is 7.89. The maximum Gasteiger partial charge on any atom is 0.209 e. The number of benzene rings is 1. The molecule has 0 heterocycles. The summed E-state index contributed by atoms with van der Waals surface area (Å²) in [6.07, 6.45) is 2.01. The second-order valence-electron chi connectivity index (χ2n) is 4.19. The first-order chi connectivity index (χ1) is 8.38. The number of aryl methyl sites for hydroxylation is 1. The molecule has 0 saturated carbocycles. The van der Waals surface area contributed by atoms with Crippen molar-refractivity contribution in [1.29, 1.82) is 0 Å². The highest BCUT2D eigenvalue weighted by Crippen LogP contribution is 2.18. The molecule has 0 amide bonds. The van der Waals surface area contributed by atoms with E-state index >= 15 is 0 Å². The predicted octanol–water partition coefficient (Wildman–Crippen LogP) is 1.97. The van der Waals surface area contributed by atoms with Gasteiger partial charge in [0.2, 0.25) is 10.0 Å². The van der Waals surface area contributed by atoms with Crippen molar-refractivity contribution in [3.05, 3.63) is 29.6 Å². The molecule has 0 spiro atoms. The summed E-state index contributed by atoms with van der Waals surface area (Å²) in [5, 5.41) is 4.88. The fourth-order valence-electron chi connectivity index (χ4n) is 1.54. The molecule has 4 nitrogen and oxygen atoms in total. The maximum atomic E-state index is 12.8. The fourth-order valence-corrected chi connectivity index (χ4v) is 2.15. The minimum Gasteiger partial charge on any atom is -0.493 e. The van der Waals surface area contributed by atoms with Gasteiger partial charge in [-0.25, -0.2) is 17.9 Å². The Morgan fingerprint density at radius 2 is 2.00 bits per heavy atom. The lowest BCUT2D eigenvalue weighted by Gasteiger charge is -2.08. The van der Waals surface area contributed by atoms with Crippen LogP contribution in [0.25, 0.3) is 0 Å². The Balaban J connectivity index is 2.22. The molecule has 102 valence electrons. The molecule has 0 aliphatic carbocycles. The van der Waals surface area contributed by atoms with E-state index in [1.165, 1.54) is 12.1 Å². The van der Waals surface area contributed by atoms with Crippen LogP contribution < -0.4 is 9.88 Å². The first-order valence-corrected chi connectivity index (χ1v) is 7.49. The third-order valence-electron chi connectivity index (χ3n) is 2.47. The van der Waals surface area contributed by atoms with E-state index in [0.717, 1.165) is 18.4 Å². The van der Waals surface area contributed by atoms with Gasteiger partial charge in [-0.1, -0.05) is 0 Å². The van der Waals surface area contributed by atoms with Crippen LogP contribution in [0.2, 0.25) is 0 Å². The second kappa shape index (κ2) is 6.70. The quantitative estimate of drug-likeness (QED) is 0.773. The van der Waals surface area contributed by atoms with Gasteiger partial charge in [-0.05, 0) is 49.9 Å². The average molecular weight is 275 g/mol. The summed E-state index contributed by atoms with van der Waals surface area (Å²) in [6, 6.07) is 4.36. The Kier molecular flexibility index (Phi) is 5.55. The van der Waals surface area contributed by atoms with Gasteiger partial charge in [-0.15, -0.1) is 0 Å². The molecule has 1 aromatic carbocycles. The van der Waals surface area contributed by atoms with Gasteiger partial charge in [0.05, 0.1) is 12.4 Å². The summed E-state index contributed by atoms with van der Waals surface area (Å²) in [5.74, 6) is 0.374. The van der Waals surface area contributed by atoms with Crippen molar-refractivity contribution in [2.24, 2.45) is 5.14 Å². The molecule has 18 heavy (non-hydrogen) atoms. The summed E-state index contributed by atoms with van der Waals surface area (Å²) in [5.41, 5.74) is 0.750. The van der Waals surface area contributed by atoms with E-state index in [9.17, 15) is 12.8 Å². The van der Waals surface area contributed by atoms with Crippen LogP contribution in [-0.2, 0) is 10.0 Å². The first-order valence-electron chi connectivity index (χ1n) is 5.78. The van der Waals surface area contributed by atoms with Gasteiger partial charge in [-0.2, -0.15) is 0 Å². The molecule has 0 unspecified atom stereocenters. The van der Waals surface area contributed by atoms with Gasteiger partial charge in [0.25, 0.3) is 0 Å². The van der Waals surface area contributed by atoms with E-state index in [2.05, 4.69) is 0 Å². The number of ether oxygens (including phenoxy) is 1. The van der Waals surface area contributed by atoms with Crippen LogP contribution in [0.15, 0.2) is 18.2 Å². The van der Waals surface area contributed by atoms with E-state index < -0.39 is 10.0 Å². The molecule has 0 aromatic heterocycles. The number of nitrogens with two attached hydrogens (primary N) is 1. The molecular weight excluding hydrogens is 257 g/mol. The maximum absolute atomic E-state index is 12.8. The van der Waals surface area contributed by atoms with Gasteiger partial charge < -0.3 is 4.74 Å². The van der Waals surface area contributed by atoms with Gasteiger partial charge in [0.1, 0.15) is 11.6 Å². The molecule has 0 bridgehead atoms. The minimum atomic E-state index is -3.36. The number of unbranched alkanes of at least 4 members (excludes halogenated alkanes) is 2. The molecule has 6 heteroatoms. The molecule has 2 N–H and O–H groups in total. The average Bonchev–Trinajstić information content (AvgIpc) is 2.24. The van der Waals surface area contributed by atoms with Crippen LogP contribution in [0.4, 0.5) is 4.39 Å². The van der Waals surface area contributed by atoms with Crippen molar-refractivity contribution in [3.63, 3.8) is 0 Å². The number of hydrogen-bond donors (Lipinski definition) is 1. The Hall–Kier alpha value is -1.14. The summed E-state index contributed by atoms with van der Waals surface area (Å²) in [4.78, 5) is 0. The lowest BCUT2D eigenvalue weighted by Crippen LogP contribution is -2.16. The van der Waals surface area contributed by atoms with Gasteiger partial charge in [0, 0.05) is 0 Å². The van der Waals surface area contributed by atoms with Crippen LogP contribution in [0.5, 0.6) is 5.75 Å². The molecule has 1 rings (SSSR count). The van der Waals surface area contributed by atoms with Crippen molar-refractivity contribution in [2.45, 2.75) is 26.2 Å². The topological polar surface area (TPSA) is 69.4 Å². The molecule has 0 saturated heterocycles. The second-order valence-corrected chi connectivity index (χ2v) is 5.92. The van der Waals surface area contributed by atoms with Crippen molar-refractivity contribution in [2.75, 3.05) is 12.4 Å². The van der Waals surface area contributed by atoms with E-state index in [4.69, 9.17) is 9.88 Å². The Morgan fingerprint density at radius 3 is 2.61 bits per heavy atom. The molecule has 0 aliphatic heterocycles. The van der Waals surface area contributed by atoms with Crippen molar-refractivity contribution in [3.8, 4) is 5.75 Å². The third kappa shape index (κ3) is 5.97. The van der Waals surface area contributed by atoms with Crippen LogP contribution in [-0.4, -0.2) is 20.8 Å². The fraction of sp³-hybridized carbons (Fsp3) is 0.500. The Morgan fingerprint density at radius 1 is 1.28 bits per heavy atom. The zero-order valence-electron chi connectivity index (χ0n) is 10.4. The molecule has 0 radical (unpaired) electrons. The standard InChI is InChI=1S/C12H18FNO3S/c1-10-9-11(13)5-6-12(10)17-7-3-2-4-8-18(14,15)16/h5-6,9H,2-4,7-8H2,1H3,(H2,14,15,16). The highest BCUT2D eigenvalue weighted by Gasteiger charge is 2.03. The lowest BCUT2D eigenvalue weighted by molar-refractivity contribution is 0.304. The van der Waals surface area contributed by atoms with E-state index in [1.54, 1.807) is 13.0 Å². The van der Waals surface area contributed by atoms with Crippen molar-refractivity contribution in [1.82, 2.24) is 0 Å². The van der Waals surface area contributed by atoms with Gasteiger partial charge in [-0.3, -0.25) is 0 Å². The first kappa shape index (κ1) is 14.9. The zero-order valence-corrected chi connectivity index (χ0v) is 11.2. The summed E-state index contributed by atoms with van der Waals surface area (Å²) in [6.45, 7) is 2.26. The van der Waals surface area contributed by atoms with E-state index in [1.807, 2.05) is 0 Å². The smallest absolute Gasteiger partial charge is 0.209 e. The largest absolute Gasteiger partial charge is 0.493 e. The molecule has 0 fully saturated rings. The zero-order chi connectivity index (χ0) is 13.6. The normalized spacial score (nSPS) is 11.5. The van der Waals surface area contributed by atoms with Crippen molar-refractivity contribution < 1.29 is 17.5 Å². The van der Waals surface area contributed by atoms with Gasteiger partial charge >= 0.3 is 0 Å². The number of rotatable bonds is 7. The molecular formula is C12H18FNO3S. The summed E-state index contributed by atoms with van der Waals surface area (Å²) in [7, 11) is -3.36. The van der Waals surface area contributed by atoms with Gasteiger partial charge in [0.15, 0.2) is 0 Å². The monoisotopic (exact) mass is 275 g/mol. The predicted molar refractivity (Wildman–Crippen MR) is 68.5 cm³/mol. The molecule has 0 atom stereocenters. The lowest BCUT2D eigenvalue weighted by atomic mass is 10.2. The SMILES string of the molecule is Cc1cc(F)ccc1OCCCCCS(N)(=O)=O. The van der Waals surface area contributed by atoms with Crippen LogP contribution in [0, 0.1) is 12.7 Å². The number of sulfonamides is 1. The van der Waals surface area contributed by atoms with E-state index in [-0.39, 0.29) is 11.6 Å². The Labute approximate surface area is 107 Å². The number of hydrogen-bond acceptors (Lipinski definition) is 3. The van der Waals surface area contributed by atoms with Crippen LogP contribution >= 0.6 is 0 Å². The molecule has 0 aliphatic rings. The number of halogens is 1. The third-order valence-corrected chi connectivity index (χ3v) is 3.33. The summed E-state index contributed by atoms with van der Waals surface area (Å²) < 4.78 is 39.6. The van der Waals surface area contributed by atoms with E-state index in [0.29, 0.717) is 18.8 Å². The summed E-state index contributed by atoms with van der Waals surface area (Å²) >= 11 is 0. The highest BCUT2D eigenvalue weighted by atomic mass is 32.2.